The number of halogens is 3. The van der Waals surface area contributed by atoms with E-state index >= 15 is 0 Å². The van der Waals surface area contributed by atoms with Crippen molar-refractivity contribution in [3.63, 3.8) is 0 Å². The van der Waals surface area contributed by atoms with Crippen LogP contribution >= 0.6 is 0 Å². The summed E-state index contributed by atoms with van der Waals surface area (Å²) in [5, 5.41) is 8.03. The van der Waals surface area contributed by atoms with Crippen LogP contribution in [0.4, 0.5) is 18.9 Å². The SMILES string of the molecule is FC(F)(F)c1cccnc1CN1CC2(COc3ccc4nonc4c32)c2ccccc21. The molecule has 9 heteroatoms. The van der Waals surface area contributed by atoms with E-state index in [0.29, 0.717) is 29.9 Å². The third kappa shape index (κ3) is 2.55. The number of anilines is 1. The van der Waals surface area contributed by atoms with Crippen LogP contribution in [0.1, 0.15) is 22.4 Å². The second-order valence-corrected chi connectivity index (χ2v) is 7.81. The van der Waals surface area contributed by atoms with E-state index in [-0.39, 0.29) is 12.2 Å². The summed E-state index contributed by atoms with van der Waals surface area (Å²) in [6.45, 7) is 0.812. The van der Waals surface area contributed by atoms with Gasteiger partial charge in [-0.3, -0.25) is 4.98 Å². The number of benzene rings is 2. The smallest absolute Gasteiger partial charge is 0.418 e. The van der Waals surface area contributed by atoms with Crippen molar-refractivity contribution in [3.05, 3.63) is 77.1 Å². The van der Waals surface area contributed by atoms with Crippen LogP contribution in [-0.2, 0) is 18.1 Å². The molecule has 0 bridgehead atoms. The number of para-hydroxylation sites is 1. The second-order valence-electron chi connectivity index (χ2n) is 7.81. The van der Waals surface area contributed by atoms with Gasteiger partial charge in [0.05, 0.1) is 23.2 Å². The first-order chi connectivity index (χ1) is 15.0. The molecule has 1 atom stereocenters. The van der Waals surface area contributed by atoms with Gasteiger partial charge in [0.2, 0.25) is 0 Å². The quantitative estimate of drug-likeness (QED) is 0.477. The van der Waals surface area contributed by atoms with E-state index in [0.717, 1.165) is 22.9 Å². The van der Waals surface area contributed by atoms with Gasteiger partial charge in [-0.1, -0.05) is 18.2 Å². The van der Waals surface area contributed by atoms with E-state index in [1.165, 1.54) is 12.3 Å². The number of nitrogens with zero attached hydrogens (tertiary/aromatic N) is 4. The summed E-state index contributed by atoms with van der Waals surface area (Å²) in [6, 6.07) is 13.7. The highest BCUT2D eigenvalue weighted by Crippen LogP contribution is 2.53. The highest BCUT2D eigenvalue weighted by atomic mass is 19.4. The van der Waals surface area contributed by atoms with E-state index in [1.54, 1.807) is 6.07 Å². The minimum absolute atomic E-state index is 0.0118. The van der Waals surface area contributed by atoms with Crippen molar-refractivity contribution < 1.29 is 22.5 Å². The highest BCUT2D eigenvalue weighted by molar-refractivity contribution is 5.85. The Kier molecular flexibility index (Phi) is 3.63. The Morgan fingerprint density at radius 1 is 1.03 bits per heavy atom. The van der Waals surface area contributed by atoms with E-state index < -0.39 is 17.2 Å². The maximum Gasteiger partial charge on any atom is 0.418 e. The van der Waals surface area contributed by atoms with E-state index in [9.17, 15) is 13.2 Å². The summed E-state index contributed by atoms with van der Waals surface area (Å²) < 4.78 is 51.6. The molecular weight excluding hydrogens is 409 g/mol. The fourth-order valence-corrected chi connectivity index (χ4v) is 4.82. The van der Waals surface area contributed by atoms with Crippen molar-refractivity contribution in [3.8, 4) is 5.75 Å². The minimum atomic E-state index is -4.47. The van der Waals surface area contributed by atoms with Crippen LogP contribution in [-0.4, -0.2) is 28.4 Å². The Morgan fingerprint density at radius 3 is 2.77 bits per heavy atom. The number of rotatable bonds is 2. The van der Waals surface area contributed by atoms with Crippen molar-refractivity contribution in [2.24, 2.45) is 0 Å². The number of pyridine rings is 1. The van der Waals surface area contributed by atoms with Crippen molar-refractivity contribution in [1.82, 2.24) is 15.3 Å². The standard InChI is InChI=1S/C22H15F3N4O2/c23-22(24,25)13-5-3-9-26-16(13)10-29-11-21(14-4-1-2-6-17(14)29)12-30-18-8-7-15-20(19(18)21)28-31-27-15/h1-9H,10-12H2. The van der Waals surface area contributed by atoms with Crippen molar-refractivity contribution >= 4 is 16.7 Å². The highest BCUT2D eigenvalue weighted by Gasteiger charge is 2.51. The lowest BCUT2D eigenvalue weighted by Gasteiger charge is -2.25. The molecule has 4 aromatic rings. The molecule has 0 aliphatic carbocycles. The van der Waals surface area contributed by atoms with Crippen LogP contribution < -0.4 is 9.64 Å². The molecule has 2 aliphatic heterocycles. The van der Waals surface area contributed by atoms with Gasteiger partial charge in [0, 0.05) is 24.0 Å². The third-order valence-corrected chi connectivity index (χ3v) is 6.10. The zero-order chi connectivity index (χ0) is 21.2. The van der Waals surface area contributed by atoms with Crippen molar-refractivity contribution in [2.75, 3.05) is 18.1 Å². The van der Waals surface area contributed by atoms with Gasteiger partial charge in [0.1, 0.15) is 23.4 Å². The average Bonchev–Trinajstić information content (AvgIpc) is 3.45. The first kappa shape index (κ1) is 18.2. The first-order valence-electron chi connectivity index (χ1n) is 9.71. The molecule has 6 rings (SSSR count). The van der Waals surface area contributed by atoms with Gasteiger partial charge < -0.3 is 9.64 Å². The number of hydrogen-bond donors (Lipinski definition) is 0. The fourth-order valence-electron chi connectivity index (χ4n) is 4.82. The molecule has 0 radical (unpaired) electrons. The molecule has 2 aromatic carbocycles. The molecule has 0 fully saturated rings. The lowest BCUT2D eigenvalue weighted by molar-refractivity contribution is -0.138. The topological polar surface area (TPSA) is 64.3 Å². The van der Waals surface area contributed by atoms with Crippen molar-refractivity contribution in [2.45, 2.75) is 18.1 Å². The summed E-state index contributed by atoms with van der Waals surface area (Å²) in [4.78, 5) is 5.98. The van der Waals surface area contributed by atoms with Gasteiger partial charge in [0.15, 0.2) is 0 Å². The summed E-state index contributed by atoms with van der Waals surface area (Å²) in [7, 11) is 0. The molecule has 31 heavy (non-hydrogen) atoms. The molecule has 0 N–H and O–H groups in total. The number of hydrogen-bond acceptors (Lipinski definition) is 6. The fraction of sp³-hybridized carbons (Fsp3) is 0.227. The zero-order valence-corrected chi connectivity index (χ0v) is 16.1. The maximum atomic E-state index is 13.5. The summed E-state index contributed by atoms with van der Waals surface area (Å²) in [6.07, 6.45) is -3.08. The number of aromatic nitrogens is 3. The van der Waals surface area contributed by atoms with Crippen LogP contribution in [0.15, 0.2) is 59.4 Å². The second kappa shape index (κ2) is 6.19. The Hall–Kier alpha value is -3.62. The Balaban J connectivity index is 1.49. The molecule has 2 aromatic heterocycles. The van der Waals surface area contributed by atoms with Crippen LogP contribution in [0.25, 0.3) is 11.0 Å². The monoisotopic (exact) mass is 424 g/mol. The molecular formula is C22H15F3N4O2. The van der Waals surface area contributed by atoms with Crippen molar-refractivity contribution in [1.29, 1.82) is 0 Å². The Labute approximate surface area is 174 Å². The van der Waals surface area contributed by atoms with Crippen LogP contribution in [0.2, 0.25) is 0 Å². The summed E-state index contributed by atoms with van der Waals surface area (Å²) >= 11 is 0. The zero-order valence-electron chi connectivity index (χ0n) is 16.1. The normalized spacial score (nSPS) is 19.6. The van der Waals surface area contributed by atoms with E-state index in [4.69, 9.17) is 9.37 Å². The lowest BCUT2D eigenvalue weighted by Crippen LogP contribution is -2.36. The molecule has 1 spiro atoms. The first-order valence-corrected chi connectivity index (χ1v) is 9.71. The number of alkyl halides is 3. The average molecular weight is 424 g/mol. The lowest BCUT2D eigenvalue weighted by atomic mass is 9.77. The molecule has 1 unspecified atom stereocenters. The number of fused-ring (bicyclic) bond motifs is 6. The maximum absolute atomic E-state index is 13.5. The van der Waals surface area contributed by atoms with Crippen LogP contribution in [0, 0.1) is 0 Å². The van der Waals surface area contributed by atoms with Gasteiger partial charge >= 0.3 is 6.18 Å². The van der Waals surface area contributed by atoms with E-state index in [1.807, 2.05) is 35.2 Å². The minimum Gasteiger partial charge on any atom is -0.492 e. The third-order valence-electron chi connectivity index (χ3n) is 6.10. The van der Waals surface area contributed by atoms with Gasteiger partial charge in [0.25, 0.3) is 0 Å². The molecule has 0 saturated heterocycles. The molecule has 6 nitrogen and oxygen atoms in total. The summed E-state index contributed by atoms with van der Waals surface area (Å²) in [5.41, 5.74) is 2.60. The molecule has 0 saturated carbocycles. The molecule has 0 amide bonds. The van der Waals surface area contributed by atoms with Gasteiger partial charge in [-0.15, -0.1) is 0 Å². The molecule has 2 aliphatic rings. The van der Waals surface area contributed by atoms with Gasteiger partial charge in [-0.05, 0) is 46.2 Å². The van der Waals surface area contributed by atoms with Gasteiger partial charge in [-0.2, -0.15) is 13.2 Å². The van der Waals surface area contributed by atoms with Crippen LogP contribution in [0.5, 0.6) is 5.75 Å². The molecule has 156 valence electrons. The van der Waals surface area contributed by atoms with Gasteiger partial charge in [-0.25, -0.2) is 4.63 Å². The Bertz CT molecular complexity index is 1320. The number of ether oxygens (including phenoxy) is 1. The predicted octanol–water partition coefficient (Wildman–Crippen LogP) is 4.34. The Morgan fingerprint density at radius 2 is 1.90 bits per heavy atom. The van der Waals surface area contributed by atoms with E-state index in [2.05, 4.69) is 15.3 Å². The molecule has 4 heterocycles. The van der Waals surface area contributed by atoms with Crippen LogP contribution in [0.3, 0.4) is 0 Å². The summed E-state index contributed by atoms with van der Waals surface area (Å²) in [5.74, 6) is 0.689. The largest absolute Gasteiger partial charge is 0.492 e. The predicted molar refractivity (Wildman–Crippen MR) is 105 cm³/mol.